The Balaban J connectivity index is 1.65. The maximum absolute atomic E-state index is 13.0. The average molecular weight is 406 g/mol. The van der Waals surface area contributed by atoms with Crippen molar-refractivity contribution in [2.45, 2.75) is 6.54 Å². The van der Waals surface area contributed by atoms with E-state index < -0.39 is 10.8 Å². The van der Waals surface area contributed by atoms with Crippen molar-refractivity contribution in [1.82, 2.24) is 9.55 Å². The van der Waals surface area contributed by atoms with Gasteiger partial charge in [-0.25, -0.2) is 4.98 Å². The molecule has 2 aromatic heterocycles. The van der Waals surface area contributed by atoms with E-state index in [1.54, 1.807) is 6.07 Å². The second-order valence-electron chi connectivity index (χ2n) is 6.20. The number of thiophene rings is 1. The van der Waals surface area contributed by atoms with Gasteiger partial charge < -0.3 is 5.32 Å². The minimum absolute atomic E-state index is 0.0742. The number of carbonyl (C=O) groups is 1. The number of fused-ring (bicyclic) bond motifs is 1. The van der Waals surface area contributed by atoms with Crippen LogP contribution < -0.4 is 10.9 Å². The number of hydrogen-bond donors (Lipinski definition) is 1. The van der Waals surface area contributed by atoms with E-state index in [-0.39, 0.29) is 23.5 Å². The van der Waals surface area contributed by atoms with Crippen molar-refractivity contribution in [2.75, 3.05) is 5.32 Å². The lowest BCUT2D eigenvalue weighted by atomic mass is 10.1. The third kappa shape index (κ3) is 3.63. The summed E-state index contributed by atoms with van der Waals surface area (Å²) < 4.78 is 1.20. The van der Waals surface area contributed by atoms with Crippen molar-refractivity contribution in [3.63, 3.8) is 0 Å². The Kier molecular flexibility index (Phi) is 4.88. The molecule has 2 aromatic carbocycles. The number of amides is 1. The molecule has 0 aliphatic carbocycles. The molecule has 9 heteroatoms. The molecular formula is C20H14N4O4S. The van der Waals surface area contributed by atoms with Crippen LogP contribution in [0.25, 0.3) is 21.3 Å². The van der Waals surface area contributed by atoms with Crippen molar-refractivity contribution in [3.05, 3.63) is 86.8 Å². The number of benzene rings is 2. The lowest BCUT2D eigenvalue weighted by Crippen LogP contribution is -2.28. The number of aromatic nitrogens is 2. The zero-order chi connectivity index (χ0) is 20.4. The summed E-state index contributed by atoms with van der Waals surface area (Å²) in [4.78, 5) is 40.8. The first-order valence-electron chi connectivity index (χ1n) is 8.60. The van der Waals surface area contributed by atoms with Gasteiger partial charge in [-0.05, 0) is 11.6 Å². The van der Waals surface area contributed by atoms with Crippen molar-refractivity contribution < 1.29 is 9.72 Å². The lowest BCUT2D eigenvalue weighted by Gasteiger charge is -2.08. The second kappa shape index (κ2) is 7.64. The summed E-state index contributed by atoms with van der Waals surface area (Å²) in [6, 6.07) is 15.3. The van der Waals surface area contributed by atoms with E-state index in [1.807, 2.05) is 35.7 Å². The normalized spacial score (nSPS) is 10.8. The largest absolute Gasteiger partial charge is 0.319 e. The molecule has 1 amide bonds. The minimum atomic E-state index is -0.576. The van der Waals surface area contributed by atoms with Gasteiger partial charge in [-0.15, -0.1) is 11.3 Å². The number of nitrogens with one attached hydrogen (secondary N) is 1. The summed E-state index contributed by atoms with van der Waals surface area (Å²) in [7, 11) is 0. The molecule has 2 heterocycles. The molecule has 0 unspecified atom stereocenters. The topological polar surface area (TPSA) is 107 Å². The molecule has 1 N–H and O–H groups in total. The highest BCUT2D eigenvalue weighted by molar-refractivity contribution is 7.17. The summed E-state index contributed by atoms with van der Waals surface area (Å²) in [5.41, 5.74) is 1.17. The van der Waals surface area contributed by atoms with Gasteiger partial charge in [0, 0.05) is 17.0 Å². The molecule has 0 aliphatic rings. The first-order chi connectivity index (χ1) is 14.0. The van der Waals surface area contributed by atoms with Crippen LogP contribution in [0, 0.1) is 10.1 Å². The van der Waals surface area contributed by atoms with E-state index in [9.17, 15) is 19.7 Å². The molecule has 4 rings (SSSR count). The molecule has 8 nitrogen and oxygen atoms in total. The fourth-order valence-corrected chi connectivity index (χ4v) is 3.90. The fourth-order valence-electron chi connectivity index (χ4n) is 2.99. The number of rotatable bonds is 5. The summed E-state index contributed by atoms with van der Waals surface area (Å²) in [6.45, 7) is -0.308. The molecule has 0 fully saturated rings. The molecule has 0 bridgehead atoms. The molecule has 144 valence electrons. The Morgan fingerprint density at radius 1 is 1.14 bits per heavy atom. The second-order valence-corrected chi connectivity index (χ2v) is 7.05. The van der Waals surface area contributed by atoms with Crippen molar-refractivity contribution in [2.24, 2.45) is 0 Å². The fraction of sp³-hybridized carbons (Fsp3) is 0.0500. The number of nitro groups is 1. The molecular weight excluding hydrogens is 392 g/mol. The lowest BCUT2D eigenvalue weighted by molar-refractivity contribution is -0.383. The SMILES string of the molecule is O=C(Cn1cnc2scc(-c3ccccc3)c2c1=O)Nc1ccccc1[N+](=O)[O-]. The molecule has 0 aliphatic heterocycles. The number of para-hydroxylation sites is 2. The number of hydrogen-bond acceptors (Lipinski definition) is 6. The first-order valence-corrected chi connectivity index (χ1v) is 9.48. The van der Waals surface area contributed by atoms with Crippen LogP contribution in [0.5, 0.6) is 0 Å². The Morgan fingerprint density at radius 2 is 1.86 bits per heavy atom. The van der Waals surface area contributed by atoms with Crippen LogP contribution in [-0.4, -0.2) is 20.4 Å². The molecule has 0 saturated heterocycles. The van der Waals surface area contributed by atoms with Gasteiger partial charge in [0.15, 0.2) is 0 Å². The molecule has 0 atom stereocenters. The van der Waals surface area contributed by atoms with E-state index in [1.165, 1.54) is 40.4 Å². The van der Waals surface area contributed by atoms with Crippen molar-refractivity contribution in [1.29, 1.82) is 0 Å². The smallest absolute Gasteiger partial charge is 0.292 e. The summed E-state index contributed by atoms with van der Waals surface area (Å²) in [5, 5.41) is 15.9. The van der Waals surface area contributed by atoms with Gasteiger partial charge in [-0.2, -0.15) is 0 Å². The van der Waals surface area contributed by atoms with E-state index in [0.29, 0.717) is 10.2 Å². The summed E-state index contributed by atoms with van der Waals surface area (Å²) in [6.07, 6.45) is 1.31. The van der Waals surface area contributed by atoms with Gasteiger partial charge in [0.05, 0.1) is 16.6 Å². The third-order valence-electron chi connectivity index (χ3n) is 4.33. The van der Waals surface area contributed by atoms with E-state index in [2.05, 4.69) is 10.3 Å². The van der Waals surface area contributed by atoms with Crippen LogP contribution in [0.15, 0.2) is 71.1 Å². The maximum Gasteiger partial charge on any atom is 0.292 e. The predicted octanol–water partition coefficient (Wildman–Crippen LogP) is 3.67. The Bertz CT molecular complexity index is 1280. The van der Waals surface area contributed by atoms with Crippen LogP contribution >= 0.6 is 11.3 Å². The number of nitrogens with zero attached hydrogens (tertiary/aromatic N) is 3. The number of anilines is 1. The van der Waals surface area contributed by atoms with Gasteiger partial charge in [0.25, 0.3) is 11.2 Å². The van der Waals surface area contributed by atoms with Gasteiger partial charge in [-0.3, -0.25) is 24.3 Å². The van der Waals surface area contributed by atoms with Gasteiger partial charge >= 0.3 is 0 Å². The monoisotopic (exact) mass is 406 g/mol. The van der Waals surface area contributed by atoms with Gasteiger partial charge in [-0.1, -0.05) is 42.5 Å². The standard InChI is InChI=1S/C20H14N4O4S/c25-17(22-15-8-4-5-9-16(15)24(27)28)10-23-12-21-19-18(20(23)26)14(11-29-19)13-6-2-1-3-7-13/h1-9,11-12H,10H2,(H,22,25). The van der Waals surface area contributed by atoms with Crippen LogP contribution in [0.2, 0.25) is 0 Å². The molecule has 0 radical (unpaired) electrons. The Hall–Kier alpha value is -3.85. The Labute approximate surface area is 168 Å². The highest BCUT2D eigenvalue weighted by atomic mass is 32.1. The van der Waals surface area contributed by atoms with E-state index in [4.69, 9.17) is 0 Å². The quantitative estimate of drug-likeness (QED) is 0.402. The van der Waals surface area contributed by atoms with Crippen LogP contribution in [0.4, 0.5) is 11.4 Å². The number of carbonyl (C=O) groups excluding carboxylic acids is 1. The average Bonchev–Trinajstić information content (AvgIpc) is 3.16. The van der Waals surface area contributed by atoms with E-state index >= 15 is 0 Å². The third-order valence-corrected chi connectivity index (χ3v) is 5.22. The zero-order valence-electron chi connectivity index (χ0n) is 14.9. The minimum Gasteiger partial charge on any atom is -0.319 e. The Morgan fingerprint density at radius 3 is 2.62 bits per heavy atom. The van der Waals surface area contributed by atoms with Crippen molar-refractivity contribution >= 4 is 38.8 Å². The summed E-state index contributed by atoms with van der Waals surface area (Å²) in [5.74, 6) is -0.556. The van der Waals surface area contributed by atoms with Crippen LogP contribution in [0.3, 0.4) is 0 Å². The zero-order valence-corrected chi connectivity index (χ0v) is 15.8. The predicted molar refractivity (Wildman–Crippen MR) is 111 cm³/mol. The highest BCUT2D eigenvalue weighted by Crippen LogP contribution is 2.30. The first kappa shape index (κ1) is 18.5. The van der Waals surface area contributed by atoms with Gasteiger partial charge in [0.1, 0.15) is 17.1 Å². The van der Waals surface area contributed by atoms with Gasteiger partial charge in [0.2, 0.25) is 5.91 Å². The molecule has 0 spiro atoms. The summed E-state index contributed by atoms with van der Waals surface area (Å²) >= 11 is 1.36. The highest BCUT2D eigenvalue weighted by Gasteiger charge is 2.17. The molecule has 0 saturated carbocycles. The number of nitro benzene ring substituents is 1. The maximum atomic E-state index is 13.0. The molecule has 4 aromatic rings. The van der Waals surface area contributed by atoms with Crippen LogP contribution in [0.1, 0.15) is 0 Å². The van der Waals surface area contributed by atoms with Crippen LogP contribution in [-0.2, 0) is 11.3 Å². The van der Waals surface area contributed by atoms with E-state index in [0.717, 1.165) is 11.1 Å². The molecule has 29 heavy (non-hydrogen) atoms. The van der Waals surface area contributed by atoms with Crippen molar-refractivity contribution in [3.8, 4) is 11.1 Å².